The van der Waals surface area contributed by atoms with Gasteiger partial charge in [0.05, 0.1) is 5.71 Å². The predicted molar refractivity (Wildman–Crippen MR) is 89.2 cm³/mol. The summed E-state index contributed by atoms with van der Waals surface area (Å²) in [4.78, 5) is 0. The van der Waals surface area contributed by atoms with Crippen molar-refractivity contribution in [3.63, 3.8) is 0 Å². The first-order chi connectivity index (χ1) is 11.5. The first-order valence-corrected chi connectivity index (χ1v) is 7.43. The molecule has 0 aliphatic rings. The van der Waals surface area contributed by atoms with E-state index < -0.39 is 6.10 Å². The van der Waals surface area contributed by atoms with Crippen molar-refractivity contribution in [3.05, 3.63) is 107 Å². The van der Waals surface area contributed by atoms with Gasteiger partial charge in [0, 0.05) is 11.1 Å². The number of benzene rings is 3. The molecule has 1 atom stereocenters. The number of rotatable bonds is 4. The predicted octanol–water partition coefficient (Wildman–Crippen LogP) is 4.46. The molecule has 0 bridgehead atoms. The molecule has 0 saturated heterocycles. The lowest BCUT2D eigenvalue weighted by Gasteiger charge is -2.13. The highest BCUT2D eigenvalue weighted by Crippen LogP contribution is 2.23. The van der Waals surface area contributed by atoms with Crippen molar-refractivity contribution in [1.82, 2.24) is 0 Å². The second-order valence-electron chi connectivity index (χ2n) is 5.46. The normalized spacial score (nSPS) is 12.0. The summed E-state index contributed by atoms with van der Waals surface area (Å²) in [5.74, 6) is -0.718. The Morgan fingerprint density at radius 1 is 0.750 bits per heavy atom. The zero-order valence-electron chi connectivity index (χ0n) is 12.7. The van der Waals surface area contributed by atoms with E-state index in [0.29, 0.717) is 22.3 Å². The van der Waals surface area contributed by atoms with Crippen LogP contribution in [0.1, 0.15) is 28.4 Å². The summed E-state index contributed by atoms with van der Waals surface area (Å²) in [7, 11) is 0. The Hall–Kier alpha value is -2.85. The van der Waals surface area contributed by atoms with Crippen molar-refractivity contribution >= 4 is 5.71 Å². The van der Waals surface area contributed by atoms with Crippen LogP contribution in [0.3, 0.4) is 0 Å². The Labute approximate surface area is 138 Å². The molecule has 4 heteroatoms. The fourth-order valence-corrected chi connectivity index (χ4v) is 2.49. The molecule has 3 aromatic rings. The molecular formula is C20H15F2NO. The molecule has 0 spiro atoms. The number of aliphatic hydroxyl groups is 1. The number of halogens is 2. The van der Waals surface area contributed by atoms with E-state index in [2.05, 4.69) is 0 Å². The zero-order valence-corrected chi connectivity index (χ0v) is 12.7. The molecule has 0 saturated carbocycles. The summed E-state index contributed by atoms with van der Waals surface area (Å²) >= 11 is 0. The second-order valence-corrected chi connectivity index (χ2v) is 5.46. The van der Waals surface area contributed by atoms with Gasteiger partial charge in [-0.25, -0.2) is 8.78 Å². The quantitative estimate of drug-likeness (QED) is 0.684. The number of nitrogens with one attached hydrogen (secondary N) is 1. The Balaban J connectivity index is 1.89. The third kappa shape index (κ3) is 3.39. The molecule has 2 N–H and O–H groups in total. The Morgan fingerprint density at radius 3 is 1.96 bits per heavy atom. The van der Waals surface area contributed by atoms with Crippen LogP contribution in [0.25, 0.3) is 0 Å². The largest absolute Gasteiger partial charge is 0.384 e. The van der Waals surface area contributed by atoms with Gasteiger partial charge in [0.15, 0.2) is 0 Å². The van der Waals surface area contributed by atoms with Crippen LogP contribution in [-0.2, 0) is 0 Å². The average molecular weight is 323 g/mol. The van der Waals surface area contributed by atoms with Crippen LogP contribution < -0.4 is 0 Å². The molecular weight excluding hydrogens is 308 g/mol. The van der Waals surface area contributed by atoms with Gasteiger partial charge >= 0.3 is 0 Å². The molecule has 120 valence electrons. The first-order valence-electron chi connectivity index (χ1n) is 7.43. The highest BCUT2D eigenvalue weighted by molar-refractivity contribution is 6.10. The van der Waals surface area contributed by atoms with Gasteiger partial charge in [-0.15, -0.1) is 0 Å². The Morgan fingerprint density at radius 2 is 1.33 bits per heavy atom. The third-order valence-corrected chi connectivity index (χ3v) is 3.81. The smallest absolute Gasteiger partial charge is 0.123 e. The van der Waals surface area contributed by atoms with Crippen LogP contribution in [-0.4, -0.2) is 10.8 Å². The van der Waals surface area contributed by atoms with Crippen molar-refractivity contribution in [3.8, 4) is 0 Å². The highest BCUT2D eigenvalue weighted by Gasteiger charge is 2.13. The minimum atomic E-state index is -0.911. The van der Waals surface area contributed by atoms with Crippen molar-refractivity contribution < 1.29 is 13.9 Å². The molecule has 0 aromatic heterocycles. The molecule has 1 unspecified atom stereocenters. The first kappa shape index (κ1) is 16.0. The van der Waals surface area contributed by atoms with Gasteiger partial charge < -0.3 is 5.11 Å². The van der Waals surface area contributed by atoms with E-state index in [-0.39, 0.29) is 17.3 Å². The average Bonchev–Trinajstić information content (AvgIpc) is 2.62. The van der Waals surface area contributed by atoms with Gasteiger partial charge in [0.2, 0.25) is 0 Å². The molecule has 3 rings (SSSR count). The summed E-state index contributed by atoms with van der Waals surface area (Å²) in [6, 6.07) is 18.3. The van der Waals surface area contributed by atoms with E-state index in [1.807, 2.05) is 0 Å². The molecule has 0 heterocycles. The Bertz CT molecular complexity index is 858. The van der Waals surface area contributed by atoms with Crippen molar-refractivity contribution in [2.45, 2.75) is 6.10 Å². The van der Waals surface area contributed by atoms with Crippen LogP contribution in [0.4, 0.5) is 8.78 Å². The van der Waals surface area contributed by atoms with E-state index in [9.17, 15) is 13.9 Å². The van der Waals surface area contributed by atoms with Gasteiger partial charge in [-0.05, 0) is 53.6 Å². The number of hydrogen-bond acceptors (Lipinski definition) is 2. The van der Waals surface area contributed by atoms with E-state index in [4.69, 9.17) is 5.41 Å². The number of hydrogen-bond donors (Lipinski definition) is 2. The molecule has 0 radical (unpaired) electrons. The molecule has 0 aliphatic carbocycles. The second kappa shape index (κ2) is 6.72. The van der Waals surface area contributed by atoms with Gasteiger partial charge in [-0.3, -0.25) is 5.41 Å². The molecule has 0 fully saturated rings. The lowest BCUT2D eigenvalue weighted by molar-refractivity contribution is 0.220. The maximum absolute atomic E-state index is 13.0. The van der Waals surface area contributed by atoms with Crippen molar-refractivity contribution in [2.75, 3.05) is 0 Å². The zero-order chi connectivity index (χ0) is 17.1. The van der Waals surface area contributed by atoms with Crippen LogP contribution in [0.5, 0.6) is 0 Å². The summed E-state index contributed by atoms with van der Waals surface area (Å²) in [6.45, 7) is 0. The summed E-state index contributed by atoms with van der Waals surface area (Å²) in [6.07, 6.45) is -0.911. The van der Waals surface area contributed by atoms with Gasteiger partial charge in [-0.1, -0.05) is 30.3 Å². The fraction of sp³-hybridized carbons (Fsp3) is 0.0500. The molecule has 0 amide bonds. The molecule has 24 heavy (non-hydrogen) atoms. The molecule has 3 aromatic carbocycles. The van der Waals surface area contributed by atoms with Crippen LogP contribution >= 0.6 is 0 Å². The maximum Gasteiger partial charge on any atom is 0.123 e. The van der Waals surface area contributed by atoms with Crippen molar-refractivity contribution in [2.24, 2.45) is 0 Å². The highest BCUT2D eigenvalue weighted by atomic mass is 19.1. The summed E-state index contributed by atoms with van der Waals surface area (Å²) < 4.78 is 26.0. The van der Waals surface area contributed by atoms with E-state index in [0.717, 1.165) is 0 Å². The minimum Gasteiger partial charge on any atom is -0.384 e. The Kier molecular flexibility index (Phi) is 4.49. The molecule has 2 nitrogen and oxygen atoms in total. The van der Waals surface area contributed by atoms with Crippen LogP contribution in [0.15, 0.2) is 72.8 Å². The van der Waals surface area contributed by atoms with Crippen LogP contribution in [0, 0.1) is 17.0 Å². The maximum atomic E-state index is 13.0. The number of aliphatic hydroxyl groups excluding tert-OH is 1. The lowest BCUT2D eigenvalue weighted by Crippen LogP contribution is -2.05. The fourth-order valence-electron chi connectivity index (χ4n) is 2.49. The standard InChI is InChI=1S/C20H15F2NO/c21-17-8-4-13(5-9-17)19(23)15-2-1-3-16(12-15)20(24)14-6-10-18(22)11-7-14/h1-12,20,23-24H. The minimum absolute atomic E-state index is 0.239. The van der Waals surface area contributed by atoms with Gasteiger partial charge in [-0.2, -0.15) is 0 Å². The summed E-state index contributed by atoms with van der Waals surface area (Å²) in [5, 5.41) is 18.7. The van der Waals surface area contributed by atoms with E-state index in [1.54, 1.807) is 36.4 Å². The third-order valence-electron chi connectivity index (χ3n) is 3.81. The molecule has 0 aliphatic heterocycles. The lowest BCUT2D eigenvalue weighted by atomic mass is 9.96. The van der Waals surface area contributed by atoms with Gasteiger partial charge in [0.25, 0.3) is 0 Å². The summed E-state index contributed by atoms with van der Waals surface area (Å²) in [5.41, 5.74) is 2.61. The van der Waals surface area contributed by atoms with Crippen LogP contribution in [0.2, 0.25) is 0 Å². The van der Waals surface area contributed by atoms with Crippen molar-refractivity contribution in [1.29, 1.82) is 5.41 Å². The topological polar surface area (TPSA) is 44.1 Å². The van der Waals surface area contributed by atoms with E-state index in [1.165, 1.54) is 36.4 Å². The van der Waals surface area contributed by atoms with Gasteiger partial charge in [0.1, 0.15) is 17.7 Å². The monoisotopic (exact) mass is 323 g/mol. The SMILES string of the molecule is N=C(c1ccc(F)cc1)c1cccc(C(O)c2ccc(F)cc2)c1. The van der Waals surface area contributed by atoms with E-state index >= 15 is 0 Å².